The lowest BCUT2D eigenvalue weighted by molar-refractivity contribution is 0.0657. The number of likely N-dealkylation sites (tertiary alicyclic amines) is 1. The second-order valence-electron chi connectivity index (χ2n) is 6.58. The summed E-state index contributed by atoms with van der Waals surface area (Å²) >= 11 is 0. The number of carbonyl (C=O) groups is 2. The first-order valence-corrected chi connectivity index (χ1v) is 9.02. The standard InChI is InChI=1S/C17H25N5O3/c1-2-3-9-22-15(23)5-4-14(19-22)16(24)20-10-6-13(7-11-20)21-12-8-18-17(21)25/h4-5,13H,2-3,6-12H2,1H3,(H,18,25). The van der Waals surface area contributed by atoms with Gasteiger partial charge >= 0.3 is 6.03 Å². The zero-order valence-electron chi connectivity index (χ0n) is 14.6. The van der Waals surface area contributed by atoms with Gasteiger partial charge < -0.3 is 15.1 Å². The Balaban J connectivity index is 1.62. The highest BCUT2D eigenvalue weighted by molar-refractivity contribution is 5.92. The van der Waals surface area contributed by atoms with Crippen LogP contribution >= 0.6 is 0 Å². The van der Waals surface area contributed by atoms with Crippen LogP contribution < -0.4 is 10.9 Å². The minimum atomic E-state index is -0.177. The summed E-state index contributed by atoms with van der Waals surface area (Å²) in [6.45, 7) is 5.21. The molecule has 0 spiro atoms. The number of amides is 3. The van der Waals surface area contributed by atoms with Crippen LogP contribution in [-0.4, -0.2) is 63.7 Å². The number of nitrogens with one attached hydrogen (secondary N) is 1. The smallest absolute Gasteiger partial charge is 0.317 e. The largest absolute Gasteiger partial charge is 0.337 e. The topological polar surface area (TPSA) is 87.5 Å². The van der Waals surface area contributed by atoms with Crippen molar-refractivity contribution in [2.75, 3.05) is 26.2 Å². The molecule has 8 nitrogen and oxygen atoms in total. The molecule has 0 unspecified atom stereocenters. The fourth-order valence-corrected chi connectivity index (χ4v) is 3.41. The summed E-state index contributed by atoms with van der Waals surface area (Å²) < 4.78 is 1.37. The molecule has 0 aliphatic carbocycles. The van der Waals surface area contributed by atoms with Crippen LogP contribution in [0.1, 0.15) is 43.1 Å². The van der Waals surface area contributed by atoms with E-state index in [2.05, 4.69) is 10.4 Å². The minimum Gasteiger partial charge on any atom is -0.337 e. The maximum atomic E-state index is 12.7. The third-order valence-electron chi connectivity index (χ3n) is 4.89. The van der Waals surface area contributed by atoms with Crippen molar-refractivity contribution in [1.29, 1.82) is 0 Å². The molecule has 0 aromatic carbocycles. The van der Waals surface area contributed by atoms with E-state index in [1.807, 2.05) is 11.8 Å². The number of aromatic nitrogens is 2. The normalized spacial score (nSPS) is 18.5. The fraction of sp³-hybridized carbons (Fsp3) is 0.647. The molecule has 1 aromatic rings. The molecule has 2 fully saturated rings. The molecule has 1 N–H and O–H groups in total. The van der Waals surface area contributed by atoms with Crippen molar-refractivity contribution < 1.29 is 9.59 Å². The molecular weight excluding hydrogens is 322 g/mol. The highest BCUT2D eigenvalue weighted by Gasteiger charge is 2.32. The van der Waals surface area contributed by atoms with Crippen LogP contribution in [0.25, 0.3) is 0 Å². The third-order valence-corrected chi connectivity index (χ3v) is 4.89. The van der Waals surface area contributed by atoms with Crippen LogP contribution in [-0.2, 0) is 6.54 Å². The number of hydrogen-bond donors (Lipinski definition) is 1. The molecule has 3 heterocycles. The lowest BCUT2D eigenvalue weighted by Crippen LogP contribution is -2.48. The van der Waals surface area contributed by atoms with Gasteiger partial charge in [0.05, 0.1) is 0 Å². The van der Waals surface area contributed by atoms with Crippen LogP contribution in [0.3, 0.4) is 0 Å². The van der Waals surface area contributed by atoms with Crippen molar-refractivity contribution >= 4 is 11.9 Å². The maximum Gasteiger partial charge on any atom is 0.317 e. The Labute approximate surface area is 146 Å². The van der Waals surface area contributed by atoms with E-state index in [0.717, 1.165) is 32.2 Å². The Morgan fingerprint density at radius 3 is 2.64 bits per heavy atom. The van der Waals surface area contributed by atoms with Gasteiger partial charge in [0, 0.05) is 44.8 Å². The van der Waals surface area contributed by atoms with E-state index in [1.54, 1.807) is 4.90 Å². The van der Waals surface area contributed by atoms with Gasteiger partial charge in [-0.15, -0.1) is 0 Å². The molecule has 0 bridgehead atoms. The number of piperidine rings is 1. The average Bonchev–Trinajstić information content (AvgIpc) is 3.06. The number of aryl methyl sites for hydroxylation is 1. The van der Waals surface area contributed by atoms with E-state index < -0.39 is 0 Å². The van der Waals surface area contributed by atoms with Gasteiger partial charge in [0.2, 0.25) is 0 Å². The molecule has 2 saturated heterocycles. The number of hydrogen-bond acceptors (Lipinski definition) is 4. The summed E-state index contributed by atoms with van der Waals surface area (Å²) in [6.07, 6.45) is 3.36. The lowest BCUT2D eigenvalue weighted by atomic mass is 10.0. The Morgan fingerprint density at radius 2 is 2.00 bits per heavy atom. The van der Waals surface area contributed by atoms with Gasteiger partial charge in [-0.25, -0.2) is 9.48 Å². The van der Waals surface area contributed by atoms with Crippen LogP contribution in [0.15, 0.2) is 16.9 Å². The molecule has 3 amide bonds. The molecule has 0 radical (unpaired) electrons. The van der Waals surface area contributed by atoms with E-state index >= 15 is 0 Å². The predicted octanol–water partition coefficient (Wildman–Crippen LogP) is 0.673. The first kappa shape index (κ1) is 17.4. The monoisotopic (exact) mass is 347 g/mol. The lowest BCUT2D eigenvalue weighted by Gasteiger charge is -2.36. The summed E-state index contributed by atoms with van der Waals surface area (Å²) in [6, 6.07) is 3.11. The zero-order valence-corrected chi connectivity index (χ0v) is 14.6. The fourth-order valence-electron chi connectivity index (χ4n) is 3.41. The number of unbranched alkanes of at least 4 members (excludes halogenated alkanes) is 1. The van der Waals surface area contributed by atoms with Crippen molar-refractivity contribution in [3.8, 4) is 0 Å². The van der Waals surface area contributed by atoms with Crippen molar-refractivity contribution in [1.82, 2.24) is 24.9 Å². The van der Waals surface area contributed by atoms with E-state index in [9.17, 15) is 14.4 Å². The molecular formula is C17H25N5O3. The minimum absolute atomic E-state index is 0.00514. The third kappa shape index (κ3) is 3.83. The Hall–Kier alpha value is -2.38. The number of urea groups is 1. The van der Waals surface area contributed by atoms with Gasteiger partial charge in [0.15, 0.2) is 0 Å². The van der Waals surface area contributed by atoms with Crippen molar-refractivity contribution in [3.05, 3.63) is 28.2 Å². The number of nitrogens with zero attached hydrogens (tertiary/aromatic N) is 4. The number of rotatable bonds is 5. The zero-order chi connectivity index (χ0) is 17.8. The average molecular weight is 347 g/mol. The van der Waals surface area contributed by atoms with Gasteiger partial charge in [0.25, 0.3) is 11.5 Å². The van der Waals surface area contributed by atoms with Gasteiger partial charge in [0.1, 0.15) is 5.69 Å². The highest BCUT2D eigenvalue weighted by atomic mass is 16.2. The van der Waals surface area contributed by atoms with Gasteiger partial charge in [-0.1, -0.05) is 13.3 Å². The molecule has 0 atom stereocenters. The second kappa shape index (κ2) is 7.67. The summed E-state index contributed by atoms with van der Waals surface area (Å²) in [4.78, 5) is 39.9. The molecule has 8 heteroatoms. The molecule has 3 rings (SSSR count). The van der Waals surface area contributed by atoms with Crippen molar-refractivity contribution in [2.45, 2.75) is 45.2 Å². The van der Waals surface area contributed by atoms with E-state index in [0.29, 0.717) is 31.9 Å². The van der Waals surface area contributed by atoms with Crippen LogP contribution in [0.5, 0.6) is 0 Å². The van der Waals surface area contributed by atoms with Gasteiger partial charge in [-0.2, -0.15) is 5.10 Å². The molecule has 1 aromatic heterocycles. The first-order chi connectivity index (χ1) is 12.1. The molecule has 25 heavy (non-hydrogen) atoms. The SMILES string of the molecule is CCCCn1nc(C(=O)N2CCC(N3CCNC3=O)CC2)ccc1=O. The van der Waals surface area contributed by atoms with Crippen molar-refractivity contribution in [3.63, 3.8) is 0 Å². The summed E-state index contributed by atoms with van der Waals surface area (Å²) in [5, 5.41) is 7.05. The Kier molecular flexibility index (Phi) is 5.35. The summed E-state index contributed by atoms with van der Waals surface area (Å²) in [7, 11) is 0. The van der Waals surface area contributed by atoms with E-state index in [4.69, 9.17) is 0 Å². The Bertz CT molecular complexity index is 694. The van der Waals surface area contributed by atoms with Crippen molar-refractivity contribution in [2.24, 2.45) is 0 Å². The summed E-state index contributed by atoms with van der Waals surface area (Å²) in [5.74, 6) is -0.144. The molecule has 0 saturated carbocycles. The van der Waals surface area contributed by atoms with Crippen LogP contribution in [0.2, 0.25) is 0 Å². The van der Waals surface area contributed by atoms with E-state index in [1.165, 1.54) is 16.8 Å². The van der Waals surface area contributed by atoms with E-state index in [-0.39, 0.29) is 23.5 Å². The summed E-state index contributed by atoms with van der Waals surface area (Å²) in [5.41, 5.74) is 0.136. The molecule has 2 aliphatic heterocycles. The highest BCUT2D eigenvalue weighted by Crippen LogP contribution is 2.19. The number of carbonyl (C=O) groups excluding carboxylic acids is 2. The second-order valence-corrected chi connectivity index (χ2v) is 6.58. The maximum absolute atomic E-state index is 12.7. The quantitative estimate of drug-likeness (QED) is 0.848. The van der Waals surface area contributed by atoms with Crippen LogP contribution in [0.4, 0.5) is 4.79 Å². The van der Waals surface area contributed by atoms with Crippen LogP contribution in [0, 0.1) is 0 Å². The molecule has 2 aliphatic rings. The van der Waals surface area contributed by atoms with Gasteiger partial charge in [-0.05, 0) is 25.3 Å². The van der Waals surface area contributed by atoms with Gasteiger partial charge in [-0.3, -0.25) is 9.59 Å². The first-order valence-electron chi connectivity index (χ1n) is 9.02. The Morgan fingerprint density at radius 1 is 1.24 bits per heavy atom. The molecule has 136 valence electrons. The predicted molar refractivity (Wildman–Crippen MR) is 92.4 cm³/mol.